The number of ether oxygens (including phenoxy) is 2. The van der Waals surface area contributed by atoms with E-state index in [-0.39, 0.29) is 36.7 Å². The van der Waals surface area contributed by atoms with Gasteiger partial charge >= 0.3 is 12.1 Å². The molecule has 0 spiro atoms. The van der Waals surface area contributed by atoms with Gasteiger partial charge in [0.15, 0.2) is 0 Å². The Kier molecular flexibility index (Phi) is 8.68. The Balaban J connectivity index is 1.18. The van der Waals surface area contributed by atoms with Crippen LogP contribution >= 0.6 is 0 Å². The number of carbonyl (C=O) groups excluding carboxylic acids is 4. The molecule has 9 nitrogen and oxygen atoms in total. The zero-order valence-corrected chi connectivity index (χ0v) is 24.8. The minimum Gasteiger partial charge on any atom is -0.467 e. The van der Waals surface area contributed by atoms with Crippen molar-refractivity contribution in [2.75, 3.05) is 26.8 Å². The van der Waals surface area contributed by atoms with E-state index >= 15 is 0 Å². The van der Waals surface area contributed by atoms with Gasteiger partial charge in [0.05, 0.1) is 7.11 Å². The van der Waals surface area contributed by atoms with E-state index in [2.05, 4.69) is 34.9 Å². The second kappa shape index (κ2) is 12.8. The third-order valence-corrected chi connectivity index (χ3v) is 10.0. The number of hydrogen-bond acceptors (Lipinski definition) is 6. The molecule has 228 valence electrons. The lowest BCUT2D eigenvalue weighted by Crippen LogP contribution is -2.52. The van der Waals surface area contributed by atoms with E-state index in [1.807, 2.05) is 24.3 Å². The minimum absolute atomic E-state index is 0.0818. The van der Waals surface area contributed by atoms with Crippen molar-refractivity contribution in [3.05, 3.63) is 59.7 Å². The van der Waals surface area contributed by atoms with Crippen LogP contribution in [0, 0.1) is 17.8 Å². The summed E-state index contributed by atoms with van der Waals surface area (Å²) in [6, 6.07) is 14.7. The normalized spacial score (nSPS) is 24.2. The van der Waals surface area contributed by atoms with Gasteiger partial charge in [0.25, 0.3) is 0 Å². The molecule has 2 N–H and O–H groups in total. The van der Waals surface area contributed by atoms with E-state index in [0.29, 0.717) is 31.8 Å². The highest BCUT2D eigenvalue weighted by atomic mass is 16.6. The fraction of sp³-hybridized carbons (Fsp3) is 0.529. The molecule has 43 heavy (non-hydrogen) atoms. The molecule has 0 bridgehead atoms. The van der Waals surface area contributed by atoms with Crippen LogP contribution in [0.5, 0.6) is 0 Å². The minimum atomic E-state index is -0.968. The molecule has 2 heterocycles. The Morgan fingerprint density at radius 2 is 1.63 bits per heavy atom. The average Bonchev–Trinajstić information content (AvgIpc) is 3.75. The second-order valence-electron chi connectivity index (χ2n) is 12.5. The van der Waals surface area contributed by atoms with Crippen molar-refractivity contribution in [1.82, 2.24) is 15.5 Å². The van der Waals surface area contributed by atoms with Crippen LogP contribution in [0.15, 0.2) is 48.5 Å². The maximum Gasteiger partial charge on any atom is 0.410 e. The molecule has 6 rings (SSSR count). The quantitative estimate of drug-likeness (QED) is 0.443. The van der Waals surface area contributed by atoms with Crippen LogP contribution in [0.4, 0.5) is 4.79 Å². The predicted molar refractivity (Wildman–Crippen MR) is 160 cm³/mol. The van der Waals surface area contributed by atoms with Crippen molar-refractivity contribution in [3.8, 4) is 11.1 Å². The first kappa shape index (κ1) is 29.2. The molecule has 0 radical (unpaired) electrons. The van der Waals surface area contributed by atoms with Gasteiger partial charge in [-0.05, 0) is 53.4 Å². The molecule has 0 aromatic heterocycles. The van der Waals surface area contributed by atoms with Crippen molar-refractivity contribution in [3.63, 3.8) is 0 Å². The van der Waals surface area contributed by atoms with Crippen molar-refractivity contribution in [1.29, 1.82) is 0 Å². The number of amides is 3. The number of nitrogens with one attached hydrogen (secondary N) is 2. The number of nitrogens with zero attached hydrogens (tertiary/aromatic N) is 1. The molecule has 2 aromatic rings. The molecule has 3 fully saturated rings. The van der Waals surface area contributed by atoms with Crippen LogP contribution in [0.3, 0.4) is 0 Å². The summed E-state index contributed by atoms with van der Waals surface area (Å²) in [5.41, 5.74) is 4.56. The van der Waals surface area contributed by atoms with Crippen LogP contribution in [0.1, 0.15) is 68.4 Å². The van der Waals surface area contributed by atoms with Gasteiger partial charge in [0.2, 0.25) is 11.8 Å². The monoisotopic (exact) mass is 587 g/mol. The summed E-state index contributed by atoms with van der Waals surface area (Å²) in [6.45, 7) is 1.17. The largest absolute Gasteiger partial charge is 0.467 e. The number of benzene rings is 2. The van der Waals surface area contributed by atoms with Gasteiger partial charge in [0, 0.05) is 24.9 Å². The summed E-state index contributed by atoms with van der Waals surface area (Å²) in [7, 11) is 1.27. The van der Waals surface area contributed by atoms with Gasteiger partial charge in [-0.1, -0.05) is 80.6 Å². The van der Waals surface area contributed by atoms with E-state index in [1.54, 1.807) is 4.90 Å². The average molecular weight is 588 g/mol. The summed E-state index contributed by atoms with van der Waals surface area (Å²) < 4.78 is 11.0. The van der Waals surface area contributed by atoms with E-state index in [9.17, 15) is 19.2 Å². The summed E-state index contributed by atoms with van der Waals surface area (Å²) >= 11 is 0. The molecule has 4 atom stereocenters. The van der Waals surface area contributed by atoms with Crippen molar-refractivity contribution in [2.24, 2.45) is 17.8 Å². The Hall–Kier alpha value is -3.88. The number of fused-ring (bicyclic) bond motifs is 3. The molecular formula is C34H41N3O6. The molecule has 4 aliphatic rings. The zero-order valence-electron chi connectivity index (χ0n) is 24.8. The van der Waals surface area contributed by atoms with Crippen LogP contribution in [0.2, 0.25) is 0 Å². The second-order valence-corrected chi connectivity index (χ2v) is 12.5. The fourth-order valence-electron chi connectivity index (χ4n) is 7.72. The van der Waals surface area contributed by atoms with Crippen LogP contribution in [-0.2, 0) is 23.9 Å². The lowest BCUT2D eigenvalue weighted by atomic mass is 9.79. The summed E-state index contributed by atoms with van der Waals surface area (Å²) in [4.78, 5) is 54.0. The molecule has 2 aromatic carbocycles. The Morgan fingerprint density at radius 3 is 2.26 bits per heavy atom. The third kappa shape index (κ3) is 5.99. The van der Waals surface area contributed by atoms with Gasteiger partial charge in [-0.2, -0.15) is 0 Å². The number of rotatable bonds is 8. The first-order valence-corrected chi connectivity index (χ1v) is 15.7. The van der Waals surface area contributed by atoms with E-state index in [4.69, 9.17) is 9.47 Å². The van der Waals surface area contributed by atoms with Crippen LogP contribution in [-0.4, -0.2) is 67.7 Å². The lowest BCUT2D eigenvalue weighted by Gasteiger charge is -2.27. The maximum absolute atomic E-state index is 13.8. The number of methoxy groups -OCH3 is 1. The zero-order chi connectivity index (χ0) is 29.9. The van der Waals surface area contributed by atoms with Crippen LogP contribution < -0.4 is 10.6 Å². The first-order chi connectivity index (χ1) is 20.9. The molecule has 9 heteroatoms. The molecule has 3 amide bonds. The maximum atomic E-state index is 13.8. The third-order valence-electron chi connectivity index (χ3n) is 10.0. The highest BCUT2D eigenvalue weighted by molar-refractivity contribution is 5.91. The highest BCUT2D eigenvalue weighted by Crippen LogP contribution is 2.45. The number of likely N-dealkylation sites (tertiary alicyclic amines) is 1. The molecule has 1 saturated carbocycles. The smallest absolute Gasteiger partial charge is 0.410 e. The first-order valence-electron chi connectivity index (χ1n) is 15.7. The van der Waals surface area contributed by atoms with Crippen molar-refractivity contribution in [2.45, 2.75) is 69.4 Å². The van der Waals surface area contributed by atoms with E-state index in [1.165, 1.54) is 13.5 Å². The van der Waals surface area contributed by atoms with Gasteiger partial charge in [-0.25, -0.2) is 9.59 Å². The Bertz CT molecular complexity index is 1330. The lowest BCUT2D eigenvalue weighted by molar-refractivity contribution is -0.146. The number of carbonyl (C=O) groups is 4. The Labute approximate surface area is 252 Å². The van der Waals surface area contributed by atoms with Gasteiger partial charge in [-0.3, -0.25) is 14.5 Å². The number of hydrogen-bond donors (Lipinski definition) is 2. The molecule has 2 saturated heterocycles. The van der Waals surface area contributed by atoms with Gasteiger partial charge < -0.3 is 20.1 Å². The molecule has 1 unspecified atom stereocenters. The predicted octanol–water partition coefficient (Wildman–Crippen LogP) is 4.39. The SMILES string of the molecule is COC(=O)C(C[C@@H]1CCNC1=O)NC(=O)[C@@H]1C[C@@H](C2CCCCC2)CN1C(=O)OCC1c2ccccc2-c2ccccc21. The summed E-state index contributed by atoms with van der Waals surface area (Å²) in [6.07, 6.45) is 6.52. The summed E-state index contributed by atoms with van der Waals surface area (Å²) in [5, 5.41) is 5.63. The number of esters is 1. The van der Waals surface area contributed by atoms with Crippen molar-refractivity contribution < 1.29 is 28.7 Å². The van der Waals surface area contributed by atoms with E-state index < -0.39 is 30.1 Å². The summed E-state index contributed by atoms with van der Waals surface area (Å²) in [5.74, 6) is -0.935. The van der Waals surface area contributed by atoms with Gasteiger partial charge in [-0.15, -0.1) is 0 Å². The molecular weight excluding hydrogens is 546 g/mol. The van der Waals surface area contributed by atoms with E-state index in [0.717, 1.165) is 47.9 Å². The standard InChI is InChI=1S/C34H41N3O6/c1-42-33(40)29(17-22-15-16-35-31(22)38)36-32(39)30-18-23(21-9-3-2-4-10-21)19-37(30)34(41)43-20-28-26-13-7-5-11-24(26)25-12-6-8-14-27(25)28/h5-8,11-14,21-23,28-30H,2-4,9-10,15-20H2,1H3,(H,35,38)(H,36,39)/t22-,23+,29?,30-/m0/s1. The Morgan fingerprint density at radius 1 is 0.953 bits per heavy atom. The van der Waals surface area contributed by atoms with Crippen molar-refractivity contribution >= 4 is 23.9 Å². The highest BCUT2D eigenvalue weighted by Gasteiger charge is 2.45. The fourth-order valence-corrected chi connectivity index (χ4v) is 7.72. The molecule has 2 aliphatic heterocycles. The van der Waals surface area contributed by atoms with Gasteiger partial charge in [0.1, 0.15) is 18.7 Å². The molecule has 2 aliphatic carbocycles. The van der Waals surface area contributed by atoms with Crippen LogP contribution in [0.25, 0.3) is 11.1 Å². The topological polar surface area (TPSA) is 114 Å².